The van der Waals surface area contributed by atoms with Gasteiger partial charge in [0, 0.05) is 18.3 Å². The molecule has 0 unspecified atom stereocenters. The second kappa shape index (κ2) is 7.17. The molecule has 0 fully saturated rings. The van der Waals surface area contributed by atoms with Crippen LogP contribution < -0.4 is 4.74 Å². The van der Waals surface area contributed by atoms with Gasteiger partial charge >= 0.3 is 6.61 Å². The van der Waals surface area contributed by atoms with Crippen molar-refractivity contribution < 1.29 is 13.5 Å². The minimum Gasteiger partial charge on any atom is -0.435 e. The Morgan fingerprint density at radius 1 is 1.29 bits per heavy atom. The highest BCUT2D eigenvalue weighted by molar-refractivity contribution is 5.65. The van der Waals surface area contributed by atoms with E-state index >= 15 is 0 Å². The molecule has 0 spiro atoms. The smallest absolute Gasteiger partial charge is 0.387 e. The quantitative estimate of drug-likeness (QED) is 0.849. The normalized spacial score (nSPS) is 11.3. The van der Waals surface area contributed by atoms with Crippen LogP contribution in [0, 0.1) is 0 Å². The van der Waals surface area contributed by atoms with Gasteiger partial charge in [-0.15, -0.1) is 0 Å². The summed E-state index contributed by atoms with van der Waals surface area (Å²) in [5, 5.41) is 7.13. The van der Waals surface area contributed by atoms with Gasteiger partial charge in [-0.25, -0.2) is 0 Å². The zero-order valence-corrected chi connectivity index (χ0v) is 12.1. The number of ether oxygens (including phenoxy) is 1. The number of nitrogens with zero attached hydrogens (tertiary/aromatic N) is 2. The maximum Gasteiger partial charge on any atom is 0.387 e. The van der Waals surface area contributed by atoms with Crippen molar-refractivity contribution in [2.24, 2.45) is 0 Å². The van der Waals surface area contributed by atoms with E-state index in [2.05, 4.69) is 26.8 Å². The Bertz CT molecular complexity index is 554. The molecule has 1 N–H and O–H groups in total. The van der Waals surface area contributed by atoms with Crippen molar-refractivity contribution in [3.8, 4) is 16.9 Å². The van der Waals surface area contributed by atoms with E-state index in [0.717, 1.165) is 36.3 Å². The van der Waals surface area contributed by atoms with E-state index in [-0.39, 0.29) is 5.75 Å². The topological polar surface area (TPSA) is 41.2 Å². The van der Waals surface area contributed by atoms with Gasteiger partial charge in [0.2, 0.25) is 0 Å². The van der Waals surface area contributed by atoms with Crippen LogP contribution in [-0.4, -0.2) is 35.3 Å². The molecular weight excluding hydrogens is 276 g/mol. The molecule has 0 aliphatic carbocycles. The van der Waals surface area contributed by atoms with E-state index in [1.54, 1.807) is 12.1 Å². The van der Waals surface area contributed by atoms with Crippen molar-refractivity contribution in [2.45, 2.75) is 26.5 Å². The van der Waals surface area contributed by atoms with Gasteiger partial charge in [-0.2, -0.15) is 13.9 Å². The average molecular weight is 295 g/mol. The van der Waals surface area contributed by atoms with Gasteiger partial charge in [0.15, 0.2) is 0 Å². The van der Waals surface area contributed by atoms with E-state index in [4.69, 9.17) is 0 Å². The summed E-state index contributed by atoms with van der Waals surface area (Å²) in [5.41, 5.74) is 2.83. The van der Waals surface area contributed by atoms with Gasteiger partial charge in [-0.3, -0.25) is 5.10 Å². The summed E-state index contributed by atoms with van der Waals surface area (Å²) in [6, 6.07) is 6.58. The summed E-state index contributed by atoms with van der Waals surface area (Å²) < 4.78 is 28.6. The van der Waals surface area contributed by atoms with E-state index < -0.39 is 6.61 Å². The highest BCUT2D eigenvalue weighted by Crippen LogP contribution is 2.25. The van der Waals surface area contributed by atoms with Gasteiger partial charge < -0.3 is 9.64 Å². The Morgan fingerprint density at radius 2 is 2.00 bits per heavy atom. The third-order valence-electron chi connectivity index (χ3n) is 3.13. The van der Waals surface area contributed by atoms with Crippen LogP contribution in [0.3, 0.4) is 0 Å². The molecule has 114 valence electrons. The van der Waals surface area contributed by atoms with Crippen LogP contribution in [0.25, 0.3) is 11.1 Å². The maximum atomic E-state index is 12.1. The fourth-order valence-corrected chi connectivity index (χ4v) is 2.22. The molecule has 1 aromatic carbocycles. The Balaban J connectivity index is 2.13. The molecule has 4 nitrogen and oxygen atoms in total. The summed E-state index contributed by atoms with van der Waals surface area (Å²) >= 11 is 0. The predicted molar refractivity (Wildman–Crippen MR) is 77.3 cm³/mol. The van der Waals surface area contributed by atoms with Crippen molar-refractivity contribution in [2.75, 3.05) is 13.6 Å². The molecule has 0 aliphatic rings. The summed E-state index contributed by atoms with van der Waals surface area (Å²) in [5.74, 6) is 0.155. The van der Waals surface area contributed by atoms with Crippen molar-refractivity contribution in [3.05, 3.63) is 36.2 Å². The summed E-state index contributed by atoms with van der Waals surface area (Å²) in [6.45, 7) is 1.06. The third kappa shape index (κ3) is 4.26. The number of H-pyrrole nitrogens is 1. The molecule has 1 heterocycles. The molecule has 0 amide bonds. The molecular formula is C15H19F2N3O. The molecule has 0 saturated heterocycles. The van der Waals surface area contributed by atoms with Crippen LogP contribution in [0.5, 0.6) is 5.75 Å². The van der Waals surface area contributed by atoms with E-state index in [1.807, 2.05) is 13.2 Å². The van der Waals surface area contributed by atoms with Crippen LogP contribution in [0.15, 0.2) is 30.5 Å². The van der Waals surface area contributed by atoms with Gasteiger partial charge in [0.1, 0.15) is 5.75 Å². The molecule has 0 atom stereocenters. The highest BCUT2D eigenvalue weighted by Gasteiger charge is 2.11. The minimum absolute atomic E-state index is 0.155. The first-order chi connectivity index (χ1) is 10.1. The zero-order valence-electron chi connectivity index (χ0n) is 12.1. The van der Waals surface area contributed by atoms with Gasteiger partial charge in [0.05, 0.1) is 5.69 Å². The van der Waals surface area contributed by atoms with Crippen LogP contribution in [0.2, 0.25) is 0 Å². The standard InChI is InChI=1S/C15H19F2N3O/c1-3-8-20(2)10-14-13(9-18-19-14)11-4-6-12(7-5-11)21-15(16)17/h4-7,9,15H,3,8,10H2,1-2H3,(H,18,19). The summed E-state index contributed by atoms with van der Waals surface area (Å²) in [6.07, 6.45) is 2.90. The Hall–Kier alpha value is -1.95. The number of aromatic nitrogens is 2. The van der Waals surface area contributed by atoms with Crippen molar-refractivity contribution in [1.29, 1.82) is 0 Å². The van der Waals surface area contributed by atoms with Crippen molar-refractivity contribution in [1.82, 2.24) is 15.1 Å². The van der Waals surface area contributed by atoms with Crippen molar-refractivity contribution in [3.63, 3.8) is 0 Å². The number of benzene rings is 1. The number of alkyl halides is 2. The molecule has 0 bridgehead atoms. The molecule has 0 aliphatic heterocycles. The number of halogens is 2. The molecule has 2 rings (SSSR count). The van der Waals surface area contributed by atoms with Crippen molar-refractivity contribution >= 4 is 0 Å². The average Bonchev–Trinajstić information content (AvgIpc) is 2.87. The third-order valence-corrected chi connectivity index (χ3v) is 3.13. The Kier molecular flexibility index (Phi) is 5.27. The first-order valence-corrected chi connectivity index (χ1v) is 6.86. The first-order valence-electron chi connectivity index (χ1n) is 6.86. The first kappa shape index (κ1) is 15.4. The molecule has 21 heavy (non-hydrogen) atoms. The second-order valence-corrected chi connectivity index (χ2v) is 4.89. The number of hydrogen-bond donors (Lipinski definition) is 1. The minimum atomic E-state index is -2.80. The predicted octanol–water partition coefficient (Wildman–Crippen LogP) is 3.52. The summed E-state index contributed by atoms with van der Waals surface area (Å²) in [4.78, 5) is 2.19. The van der Waals surface area contributed by atoms with Crippen LogP contribution in [-0.2, 0) is 6.54 Å². The van der Waals surface area contributed by atoms with Crippen LogP contribution in [0.4, 0.5) is 8.78 Å². The molecule has 1 aromatic heterocycles. The van der Waals surface area contributed by atoms with E-state index in [0.29, 0.717) is 0 Å². The molecule has 0 saturated carbocycles. The number of hydrogen-bond acceptors (Lipinski definition) is 3. The van der Waals surface area contributed by atoms with E-state index in [9.17, 15) is 8.78 Å². The monoisotopic (exact) mass is 295 g/mol. The highest BCUT2D eigenvalue weighted by atomic mass is 19.3. The SMILES string of the molecule is CCCN(C)Cc1n[nH]cc1-c1ccc(OC(F)F)cc1. The van der Waals surface area contributed by atoms with Crippen LogP contribution >= 0.6 is 0 Å². The number of aromatic amines is 1. The molecule has 6 heteroatoms. The Labute approximate surface area is 122 Å². The van der Waals surface area contributed by atoms with Gasteiger partial charge in [-0.05, 0) is 37.7 Å². The lowest BCUT2D eigenvalue weighted by atomic mass is 10.1. The number of rotatable bonds is 7. The Morgan fingerprint density at radius 3 is 2.62 bits per heavy atom. The van der Waals surface area contributed by atoms with Crippen LogP contribution in [0.1, 0.15) is 19.0 Å². The van der Waals surface area contributed by atoms with Gasteiger partial charge in [0.25, 0.3) is 0 Å². The summed E-state index contributed by atoms with van der Waals surface area (Å²) in [7, 11) is 2.04. The fraction of sp³-hybridized carbons (Fsp3) is 0.400. The zero-order chi connectivity index (χ0) is 15.2. The lowest BCUT2D eigenvalue weighted by Crippen LogP contribution is -2.19. The maximum absolute atomic E-state index is 12.1. The molecule has 2 aromatic rings. The molecule has 0 radical (unpaired) electrons. The largest absolute Gasteiger partial charge is 0.435 e. The fourth-order valence-electron chi connectivity index (χ4n) is 2.22. The second-order valence-electron chi connectivity index (χ2n) is 4.89. The van der Waals surface area contributed by atoms with Gasteiger partial charge in [-0.1, -0.05) is 19.1 Å². The number of nitrogens with one attached hydrogen (secondary N) is 1. The lowest BCUT2D eigenvalue weighted by Gasteiger charge is -2.14. The lowest BCUT2D eigenvalue weighted by molar-refractivity contribution is -0.0498. The van der Waals surface area contributed by atoms with E-state index in [1.165, 1.54) is 12.1 Å².